The van der Waals surface area contributed by atoms with Gasteiger partial charge < -0.3 is 14.9 Å². The van der Waals surface area contributed by atoms with E-state index in [0.29, 0.717) is 24.7 Å². The minimum atomic E-state index is -0.0531. The number of likely N-dealkylation sites (tertiary alicyclic amines) is 1. The molecule has 122 valence electrons. The lowest BCUT2D eigenvalue weighted by atomic mass is 10.0. The van der Waals surface area contributed by atoms with Crippen LogP contribution < -0.4 is 0 Å². The summed E-state index contributed by atoms with van der Waals surface area (Å²) in [4.78, 5) is 20.4. The largest absolute Gasteiger partial charge is 0.396 e. The smallest absolute Gasteiger partial charge is 0.254 e. The topological polar surface area (TPSA) is 56.7 Å². The summed E-state index contributed by atoms with van der Waals surface area (Å²) in [5, 5.41) is 9.35. The predicted octanol–water partition coefficient (Wildman–Crippen LogP) is 2.31. The SMILES string of the molecule is CN(CCCO)C1CCN(C(=O)c2cc(Cl)nc(Cl)c2)CC1. The fourth-order valence-electron chi connectivity index (χ4n) is 2.78. The summed E-state index contributed by atoms with van der Waals surface area (Å²) in [6.07, 6.45) is 2.64. The molecule has 1 aromatic rings. The van der Waals surface area contributed by atoms with E-state index < -0.39 is 0 Å². The van der Waals surface area contributed by atoms with Gasteiger partial charge in [-0.3, -0.25) is 4.79 Å². The lowest BCUT2D eigenvalue weighted by Crippen LogP contribution is -2.45. The molecule has 22 heavy (non-hydrogen) atoms. The number of hydrogen-bond donors (Lipinski definition) is 1. The fourth-order valence-corrected chi connectivity index (χ4v) is 3.24. The molecule has 1 aliphatic heterocycles. The molecule has 0 radical (unpaired) electrons. The van der Waals surface area contributed by atoms with Gasteiger partial charge in [-0.1, -0.05) is 23.2 Å². The zero-order valence-corrected chi connectivity index (χ0v) is 14.1. The van der Waals surface area contributed by atoms with Crippen LogP contribution in [-0.2, 0) is 0 Å². The number of carbonyl (C=O) groups excluding carboxylic acids is 1. The van der Waals surface area contributed by atoms with Gasteiger partial charge in [-0.15, -0.1) is 0 Å². The minimum absolute atomic E-state index is 0.0531. The normalized spacial score (nSPS) is 16.3. The first kappa shape index (κ1) is 17.5. The van der Waals surface area contributed by atoms with E-state index in [1.165, 1.54) is 0 Å². The van der Waals surface area contributed by atoms with E-state index in [1.54, 1.807) is 12.1 Å². The molecule has 0 bridgehead atoms. The second kappa shape index (κ2) is 8.11. The molecule has 1 amide bonds. The summed E-state index contributed by atoms with van der Waals surface area (Å²) < 4.78 is 0. The van der Waals surface area contributed by atoms with E-state index in [4.69, 9.17) is 28.3 Å². The molecule has 0 aliphatic carbocycles. The van der Waals surface area contributed by atoms with E-state index in [9.17, 15) is 4.79 Å². The third kappa shape index (κ3) is 4.56. The van der Waals surface area contributed by atoms with Crippen molar-refractivity contribution in [1.82, 2.24) is 14.8 Å². The van der Waals surface area contributed by atoms with Crippen LogP contribution in [0, 0.1) is 0 Å². The van der Waals surface area contributed by atoms with Gasteiger partial charge in [0.15, 0.2) is 0 Å². The molecular weight excluding hydrogens is 325 g/mol. The van der Waals surface area contributed by atoms with Crippen molar-refractivity contribution in [3.63, 3.8) is 0 Å². The highest BCUT2D eigenvalue weighted by Gasteiger charge is 2.26. The lowest BCUT2D eigenvalue weighted by molar-refractivity contribution is 0.0641. The molecule has 1 saturated heterocycles. The summed E-state index contributed by atoms with van der Waals surface area (Å²) in [6, 6.07) is 3.56. The van der Waals surface area contributed by atoms with Crippen molar-refractivity contribution < 1.29 is 9.90 Å². The van der Waals surface area contributed by atoms with Gasteiger partial charge in [0.05, 0.1) is 0 Å². The Morgan fingerprint density at radius 3 is 2.50 bits per heavy atom. The Morgan fingerprint density at radius 1 is 1.36 bits per heavy atom. The van der Waals surface area contributed by atoms with Crippen molar-refractivity contribution in [1.29, 1.82) is 0 Å². The minimum Gasteiger partial charge on any atom is -0.396 e. The Labute approximate surface area is 140 Å². The number of carbonyl (C=O) groups is 1. The molecule has 1 N–H and O–H groups in total. The van der Waals surface area contributed by atoms with Gasteiger partial charge in [-0.05, 0) is 38.4 Å². The fraction of sp³-hybridized carbons (Fsp3) is 0.600. The number of halogens is 2. The van der Waals surface area contributed by atoms with Crippen LogP contribution in [0.4, 0.5) is 0 Å². The third-order valence-electron chi connectivity index (χ3n) is 4.05. The molecule has 7 heteroatoms. The molecule has 0 unspecified atom stereocenters. The van der Waals surface area contributed by atoms with Crippen LogP contribution in [0.15, 0.2) is 12.1 Å². The van der Waals surface area contributed by atoms with Crippen molar-refractivity contribution in [2.75, 3.05) is 33.3 Å². The third-order valence-corrected chi connectivity index (χ3v) is 4.44. The highest BCUT2D eigenvalue weighted by atomic mass is 35.5. The van der Waals surface area contributed by atoms with E-state index in [-0.39, 0.29) is 22.8 Å². The number of aliphatic hydroxyl groups excluding tert-OH is 1. The Balaban J connectivity index is 1.92. The van der Waals surface area contributed by atoms with Crippen LogP contribution in [0.1, 0.15) is 29.6 Å². The number of rotatable bonds is 5. The van der Waals surface area contributed by atoms with Crippen LogP contribution in [0.3, 0.4) is 0 Å². The highest BCUT2D eigenvalue weighted by molar-refractivity contribution is 6.33. The summed E-state index contributed by atoms with van der Waals surface area (Å²) >= 11 is 11.7. The quantitative estimate of drug-likeness (QED) is 0.832. The Bertz CT molecular complexity index is 499. The first-order valence-corrected chi connectivity index (χ1v) is 8.20. The number of pyridine rings is 1. The summed E-state index contributed by atoms with van der Waals surface area (Å²) in [7, 11) is 2.07. The van der Waals surface area contributed by atoms with Crippen LogP contribution in [0.5, 0.6) is 0 Å². The molecule has 0 atom stereocenters. The van der Waals surface area contributed by atoms with Crippen molar-refractivity contribution in [2.24, 2.45) is 0 Å². The van der Waals surface area contributed by atoms with Gasteiger partial charge in [0, 0.05) is 37.8 Å². The maximum atomic E-state index is 12.5. The number of aromatic nitrogens is 1. The van der Waals surface area contributed by atoms with Crippen LogP contribution in [-0.4, -0.2) is 65.1 Å². The van der Waals surface area contributed by atoms with Crippen LogP contribution >= 0.6 is 23.2 Å². The van der Waals surface area contributed by atoms with Crippen LogP contribution in [0.25, 0.3) is 0 Å². The second-order valence-corrected chi connectivity index (χ2v) is 6.36. The predicted molar refractivity (Wildman–Crippen MR) is 87.5 cm³/mol. The molecular formula is C15H21Cl2N3O2. The van der Waals surface area contributed by atoms with Crippen molar-refractivity contribution in [3.05, 3.63) is 28.0 Å². The summed E-state index contributed by atoms with van der Waals surface area (Å²) in [6.45, 7) is 2.52. The molecule has 0 spiro atoms. The Morgan fingerprint density at radius 2 is 1.95 bits per heavy atom. The number of aliphatic hydroxyl groups is 1. The van der Waals surface area contributed by atoms with E-state index in [0.717, 1.165) is 25.8 Å². The maximum Gasteiger partial charge on any atom is 0.254 e. The molecule has 5 nitrogen and oxygen atoms in total. The molecule has 1 aliphatic rings. The van der Waals surface area contributed by atoms with Gasteiger partial charge >= 0.3 is 0 Å². The van der Waals surface area contributed by atoms with Crippen molar-refractivity contribution in [3.8, 4) is 0 Å². The summed E-state index contributed by atoms with van der Waals surface area (Å²) in [5.41, 5.74) is 0.483. The van der Waals surface area contributed by atoms with Crippen molar-refractivity contribution in [2.45, 2.75) is 25.3 Å². The highest BCUT2D eigenvalue weighted by Crippen LogP contribution is 2.20. The number of piperidine rings is 1. The van der Waals surface area contributed by atoms with Gasteiger partial charge in [-0.25, -0.2) is 4.98 Å². The second-order valence-electron chi connectivity index (χ2n) is 5.58. The molecule has 1 aromatic heterocycles. The first-order chi connectivity index (χ1) is 10.5. The van der Waals surface area contributed by atoms with Crippen molar-refractivity contribution >= 4 is 29.1 Å². The number of nitrogens with zero attached hydrogens (tertiary/aromatic N) is 3. The molecule has 1 fully saturated rings. The maximum absolute atomic E-state index is 12.5. The molecule has 0 saturated carbocycles. The van der Waals surface area contributed by atoms with Gasteiger partial charge in [0.1, 0.15) is 10.3 Å². The zero-order chi connectivity index (χ0) is 16.1. The molecule has 0 aromatic carbocycles. The average Bonchev–Trinajstić information content (AvgIpc) is 2.51. The Hall–Kier alpha value is -0.880. The van der Waals surface area contributed by atoms with Gasteiger partial charge in [-0.2, -0.15) is 0 Å². The molecule has 2 rings (SSSR count). The molecule has 2 heterocycles. The van der Waals surface area contributed by atoms with E-state index >= 15 is 0 Å². The van der Waals surface area contributed by atoms with Gasteiger partial charge in [0.25, 0.3) is 5.91 Å². The number of hydrogen-bond acceptors (Lipinski definition) is 4. The average molecular weight is 346 g/mol. The first-order valence-electron chi connectivity index (χ1n) is 7.44. The van der Waals surface area contributed by atoms with E-state index in [2.05, 4.69) is 16.9 Å². The number of amides is 1. The van der Waals surface area contributed by atoms with Crippen LogP contribution in [0.2, 0.25) is 10.3 Å². The zero-order valence-electron chi connectivity index (χ0n) is 12.6. The monoisotopic (exact) mass is 345 g/mol. The lowest BCUT2D eigenvalue weighted by Gasteiger charge is -2.36. The Kier molecular flexibility index (Phi) is 6.44. The van der Waals surface area contributed by atoms with E-state index in [1.807, 2.05) is 4.90 Å². The summed E-state index contributed by atoms with van der Waals surface area (Å²) in [5.74, 6) is -0.0531. The standard InChI is InChI=1S/C15H21Cl2N3O2/c1-19(5-2-8-21)12-3-6-20(7-4-12)15(22)11-9-13(16)18-14(17)10-11/h9-10,12,21H,2-8H2,1H3. The van der Waals surface area contributed by atoms with Gasteiger partial charge in [0.2, 0.25) is 0 Å².